The maximum atomic E-state index is 5.71. The molecule has 1 aromatic carbocycles. The Labute approximate surface area is 106 Å². The molecule has 0 aliphatic rings. The van der Waals surface area contributed by atoms with Crippen LogP contribution in [0.1, 0.15) is 22.5 Å². The highest BCUT2D eigenvalue weighted by Gasteiger charge is 2.07. The van der Waals surface area contributed by atoms with Crippen molar-refractivity contribution in [3.63, 3.8) is 0 Å². The molecule has 0 atom stereocenters. The van der Waals surface area contributed by atoms with Gasteiger partial charge in [0, 0.05) is 11.3 Å². The molecule has 2 rings (SSSR count). The Morgan fingerprint density at radius 1 is 1.35 bits per heavy atom. The Hall–Kier alpha value is -1.68. The minimum atomic E-state index is 0.433. The molecule has 0 aliphatic heterocycles. The topological polar surface area (TPSA) is 43.8 Å². The van der Waals surface area contributed by atoms with Crippen LogP contribution in [0.15, 0.2) is 30.3 Å². The van der Waals surface area contributed by atoms with Crippen molar-refractivity contribution < 1.29 is 0 Å². The lowest BCUT2D eigenvalue weighted by molar-refractivity contribution is 0.658. The lowest BCUT2D eigenvalue weighted by Gasteiger charge is -2.09. The first-order chi connectivity index (χ1) is 8.08. The molecule has 0 bridgehead atoms. The quantitative estimate of drug-likeness (QED) is 0.843. The molecular formula is C13H15N3S. The number of nitrogens with two attached hydrogens (primary N) is 1. The molecule has 4 heteroatoms. The normalized spacial score (nSPS) is 10.5. The number of hydrogen-bond acceptors (Lipinski definition) is 2. The first-order valence-corrected chi connectivity index (χ1v) is 5.87. The SMILES string of the molecule is Cc1cc(C)n(Cc2ccccc2C(N)=S)n1. The molecule has 1 aromatic heterocycles. The van der Waals surface area contributed by atoms with Crippen molar-refractivity contribution in [2.45, 2.75) is 20.4 Å². The van der Waals surface area contributed by atoms with E-state index in [0.717, 1.165) is 22.5 Å². The maximum Gasteiger partial charge on any atom is 0.104 e. The molecule has 3 nitrogen and oxygen atoms in total. The van der Waals surface area contributed by atoms with Crippen LogP contribution in [0.25, 0.3) is 0 Å². The van der Waals surface area contributed by atoms with Crippen molar-refractivity contribution in [3.05, 3.63) is 52.8 Å². The van der Waals surface area contributed by atoms with Crippen LogP contribution in [0.5, 0.6) is 0 Å². The van der Waals surface area contributed by atoms with E-state index in [1.807, 2.05) is 42.8 Å². The Kier molecular flexibility index (Phi) is 3.24. The minimum absolute atomic E-state index is 0.433. The third-order valence-electron chi connectivity index (χ3n) is 2.71. The van der Waals surface area contributed by atoms with Crippen LogP contribution in [0, 0.1) is 13.8 Å². The van der Waals surface area contributed by atoms with E-state index < -0.39 is 0 Å². The summed E-state index contributed by atoms with van der Waals surface area (Å²) in [4.78, 5) is 0.433. The van der Waals surface area contributed by atoms with Gasteiger partial charge in [0.25, 0.3) is 0 Å². The molecule has 0 saturated carbocycles. The molecule has 0 saturated heterocycles. The molecule has 17 heavy (non-hydrogen) atoms. The van der Waals surface area contributed by atoms with Crippen LogP contribution in [-0.4, -0.2) is 14.8 Å². The van der Waals surface area contributed by atoms with E-state index >= 15 is 0 Å². The summed E-state index contributed by atoms with van der Waals surface area (Å²) < 4.78 is 1.96. The predicted octanol–water partition coefficient (Wildman–Crippen LogP) is 2.18. The summed E-state index contributed by atoms with van der Waals surface area (Å²) in [5, 5.41) is 4.44. The van der Waals surface area contributed by atoms with Crippen molar-refractivity contribution >= 4 is 17.2 Å². The monoisotopic (exact) mass is 245 g/mol. The molecule has 0 fully saturated rings. The smallest absolute Gasteiger partial charge is 0.104 e. The summed E-state index contributed by atoms with van der Waals surface area (Å²) in [6.45, 7) is 4.74. The molecule has 2 aromatic rings. The molecule has 0 spiro atoms. The van der Waals surface area contributed by atoms with Gasteiger partial charge in [0.05, 0.1) is 12.2 Å². The summed E-state index contributed by atoms with van der Waals surface area (Å²) in [6.07, 6.45) is 0. The zero-order valence-electron chi connectivity index (χ0n) is 9.97. The van der Waals surface area contributed by atoms with Gasteiger partial charge < -0.3 is 5.73 Å². The minimum Gasteiger partial charge on any atom is -0.389 e. The average Bonchev–Trinajstić information content (AvgIpc) is 2.58. The lowest BCUT2D eigenvalue weighted by Crippen LogP contribution is -2.14. The first-order valence-electron chi connectivity index (χ1n) is 5.46. The molecule has 0 unspecified atom stereocenters. The maximum absolute atomic E-state index is 5.71. The number of hydrogen-bond donors (Lipinski definition) is 1. The summed E-state index contributed by atoms with van der Waals surface area (Å²) >= 11 is 5.05. The molecule has 1 heterocycles. The fourth-order valence-electron chi connectivity index (χ4n) is 1.89. The largest absolute Gasteiger partial charge is 0.389 e. The Morgan fingerprint density at radius 2 is 2.06 bits per heavy atom. The van der Waals surface area contributed by atoms with Gasteiger partial charge in [-0.25, -0.2) is 0 Å². The molecule has 0 radical (unpaired) electrons. The van der Waals surface area contributed by atoms with Gasteiger partial charge in [-0.05, 0) is 25.5 Å². The molecular weight excluding hydrogens is 230 g/mol. The van der Waals surface area contributed by atoms with E-state index in [1.54, 1.807) is 0 Å². The standard InChI is InChI=1S/C13H15N3S/c1-9-7-10(2)16(15-9)8-11-5-3-4-6-12(11)13(14)17/h3-7H,8H2,1-2H3,(H2,14,17). The number of rotatable bonds is 3. The van der Waals surface area contributed by atoms with E-state index in [2.05, 4.69) is 11.2 Å². The Morgan fingerprint density at radius 3 is 2.65 bits per heavy atom. The van der Waals surface area contributed by atoms with Crippen LogP contribution in [0.3, 0.4) is 0 Å². The van der Waals surface area contributed by atoms with E-state index in [9.17, 15) is 0 Å². The van der Waals surface area contributed by atoms with Gasteiger partial charge in [-0.15, -0.1) is 0 Å². The summed E-state index contributed by atoms with van der Waals surface area (Å²) in [5.41, 5.74) is 9.90. The number of thiocarbonyl (C=S) groups is 1. The summed E-state index contributed by atoms with van der Waals surface area (Å²) in [7, 11) is 0. The van der Waals surface area contributed by atoms with Crippen molar-refractivity contribution in [1.29, 1.82) is 0 Å². The number of benzene rings is 1. The van der Waals surface area contributed by atoms with E-state index in [-0.39, 0.29) is 0 Å². The van der Waals surface area contributed by atoms with Crippen LogP contribution in [-0.2, 0) is 6.54 Å². The van der Waals surface area contributed by atoms with Crippen molar-refractivity contribution in [2.24, 2.45) is 5.73 Å². The average molecular weight is 245 g/mol. The van der Waals surface area contributed by atoms with Crippen LogP contribution in [0.4, 0.5) is 0 Å². The fourth-order valence-corrected chi connectivity index (χ4v) is 2.09. The molecule has 0 amide bonds. The van der Waals surface area contributed by atoms with Crippen LogP contribution in [0.2, 0.25) is 0 Å². The predicted molar refractivity (Wildman–Crippen MR) is 73.1 cm³/mol. The van der Waals surface area contributed by atoms with Gasteiger partial charge in [-0.1, -0.05) is 36.5 Å². The number of nitrogens with zero attached hydrogens (tertiary/aromatic N) is 2. The first kappa shape index (κ1) is 11.8. The highest BCUT2D eigenvalue weighted by Crippen LogP contribution is 2.12. The van der Waals surface area contributed by atoms with Crippen LogP contribution >= 0.6 is 12.2 Å². The Bertz CT molecular complexity index is 558. The number of aromatic nitrogens is 2. The summed E-state index contributed by atoms with van der Waals surface area (Å²) in [5.74, 6) is 0. The van der Waals surface area contributed by atoms with E-state index in [4.69, 9.17) is 18.0 Å². The second-order valence-electron chi connectivity index (χ2n) is 4.11. The summed E-state index contributed by atoms with van der Waals surface area (Å²) in [6, 6.07) is 9.97. The van der Waals surface area contributed by atoms with Crippen molar-refractivity contribution in [3.8, 4) is 0 Å². The lowest BCUT2D eigenvalue weighted by atomic mass is 10.1. The van der Waals surface area contributed by atoms with Gasteiger partial charge in [0.2, 0.25) is 0 Å². The highest BCUT2D eigenvalue weighted by atomic mass is 32.1. The molecule has 2 N–H and O–H groups in total. The van der Waals surface area contributed by atoms with Gasteiger partial charge in [0.1, 0.15) is 4.99 Å². The van der Waals surface area contributed by atoms with Gasteiger partial charge in [-0.2, -0.15) is 5.10 Å². The fraction of sp³-hybridized carbons (Fsp3) is 0.231. The third-order valence-corrected chi connectivity index (χ3v) is 2.93. The molecule has 0 aliphatic carbocycles. The second-order valence-corrected chi connectivity index (χ2v) is 4.55. The van der Waals surface area contributed by atoms with Crippen LogP contribution < -0.4 is 5.73 Å². The Balaban J connectivity index is 2.36. The van der Waals surface area contributed by atoms with Crippen molar-refractivity contribution in [2.75, 3.05) is 0 Å². The van der Waals surface area contributed by atoms with Gasteiger partial charge >= 0.3 is 0 Å². The zero-order valence-corrected chi connectivity index (χ0v) is 10.8. The molecule has 88 valence electrons. The second kappa shape index (κ2) is 4.67. The van der Waals surface area contributed by atoms with Crippen molar-refractivity contribution in [1.82, 2.24) is 9.78 Å². The van der Waals surface area contributed by atoms with E-state index in [1.165, 1.54) is 0 Å². The van der Waals surface area contributed by atoms with E-state index in [0.29, 0.717) is 11.5 Å². The zero-order chi connectivity index (χ0) is 12.4. The highest BCUT2D eigenvalue weighted by molar-refractivity contribution is 7.80. The third kappa shape index (κ3) is 2.53. The van der Waals surface area contributed by atoms with Gasteiger partial charge in [0.15, 0.2) is 0 Å². The van der Waals surface area contributed by atoms with Gasteiger partial charge in [-0.3, -0.25) is 4.68 Å². The number of aryl methyl sites for hydroxylation is 2.